The van der Waals surface area contributed by atoms with Gasteiger partial charge in [0.1, 0.15) is 5.69 Å². The minimum absolute atomic E-state index is 0.0368. The van der Waals surface area contributed by atoms with E-state index >= 15 is 0 Å². The second-order valence-electron chi connectivity index (χ2n) is 4.76. The summed E-state index contributed by atoms with van der Waals surface area (Å²) in [6, 6.07) is 2.47. The van der Waals surface area contributed by atoms with E-state index in [1.54, 1.807) is 0 Å². The van der Waals surface area contributed by atoms with E-state index in [0.717, 1.165) is 0 Å². The molecule has 21 heavy (non-hydrogen) atoms. The lowest BCUT2D eigenvalue weighted by molar-refractivity contribution is -0.384. The summed E-state index contributed by atoms with van der Waals surface area (Å²) in [4.78, 5) is 33.0. The molecular formula is C12H10N2O7. The molecule has 0 radical (unpaired) electrons. The molecule has 9 heteroatoms. The molecule has 9 nitrogen and oxygen atoms in total. The molecule has 0 saturated heterocycles. The van der Waals surface area contributed by atoms with E-state index in [1.165, 1.54) is 12.1 Å². The van der Waals surface area contributed by atoms with Crippen molar-refractivity contribution in [1.82, 2.24) is 0 Å². The molecule has 1 aliphatic heterocycles. The largest absolute Gasteiger partial charge is 0.481 e. The van der Waals surface area contributed by atoms with Gasteiger partial charge in [0.05, 0.1) is 22.8 Å². The number of ether oxygens (including phenoxy) is 2. The summed E-state index contributed by atoms with van der Waals surface area (Å²) in [6.45, 7) is -0.0480. The zero-order chi connectivity index (χ0) is 15.1. The van der Waals surface area contributed by atoms with Crippen molar-refractivity contribution in [2.75, 3.05) is 12.1 Å². The van der Waals surface area contributed by atoms with Gasteiger partial charge < -0.3 is 19.9 Å². The predicted molar refractivity (Wildman–Crippen MR) is 67.1 cm³/mol. The van der Waals surface area contributed by atoms with Gasteiger partial charge in [0.15, 0.2) is 11.5 Å². The maximum absolute atomic E-state index is 11.9. The third-order valence-corrected chi connectivity index (χ3v) is 3.39. The fourth-order valence-electron chi connectivity index (χ4n) is 2.17. The van der Waals surface area contributed by atoms with Crippen molar-refractivity contribution in [3.8, 4) is 11.5 Å². The Morgan fingerprint density at radius 2 is 1.95 bits per heavy atom. The van der Waals surface area contributed by atoms with Gasteiger partial charge in [-0.15, -0.1) is 0 Å². The molecule has 0 spiro atoms. The Bertz CT molecular complexity index is 657. The summed E-state index contributed by atoms with van der Waals surface area (Å²) in [7, 11) is 0. The summed E-state index contributed by atoms with van der Waals surface area (Å²) in [5, 5.41) is 22.2. The smallest absolute Gasteiger partial charge is 0.307 e. The van der Waals surface area contributed by atoms with E-state index in [9.17, 15) is 19.7 Å². The summed E-state index contributed by atoms with van der Waals surface area (Å²) < 4.78 is 10.1. The first kappa shape index (κ1) is 13.2. The number of benzene rings is 1. The van der Waals surface area contributed by atoms with E-state index in [4.69, 9.17) is 14.6 Å². The lowest BCUT2D eigenvalue weighted by atomic mass is 10.2. The molecule has 1 heterocycles. The Hall–Kier alpha value is -2.84. The quantitative estimate of drug-likeness (QED) is 0.625. The van der Waals surface area contributed by atoms with Crippen LogP contribution in [-0.2, 0) is 9.59 Å². The standard InChI is InChI=1S/C12H10N2O7/c15-11(5-1-6(5)12(16)17)13-7-2-9-10(21-4-20-9)3-8(7)14(18)19/h2-3,5-6H,1,4H2,(H,13,15)(H,16,17)/t5-,6+/m1/s1. The Balaban J connectivity index is 1.83. The molecule has 2 aliphatic rings. The van der Waals surface area contributed by atoms with Crippen LogP contribution in [0.5, 0.6) is 11.5 Å². The second kappa shape index (κ2) is 4.62. The highest BCUT2D eigenvalue weighted by Crippen LogP contribution is 2.43. The molecule has 1 aromatic rings. The van der Waals surface area contributed by atoms with Crippen LogP contribution in [-0.4, -0.2) is 28.7 Å². The molecular weight excluding hydrogens is 284 g/mol. The van der Waals surface area contributed by atoms with Gasteiger partial charge in [-0.1, -0.05) is 0 Å². The average molecular weight is 294 g/mol. The number of carbonyl (C=O) groups excluding carboxylic acids is 1. The minimum Gasteiger partial charge on any atom is -0.481 e. The number of nitro groups is 1. The molecule has 0 aromatic heterocycles. The molecule has 3 rings (SSSR count). The third-order valence-electron chi connectivity index (χ3n) is 3.39. The van der Waals surface area contributed by atoms with Crippen molar-refractivity contribution >= 4 is 23.3 Å². The Labute approximate surface area is 117 Å². The van der Waals surface area contributed by atoms with Crippen LogP contribution >= 0.6 is 0 Å². The van der Waals surface area contributed by atoms with Crippen LogP contribution in [0.25, 0.3) is 0 Å². The zero-order valence-corrected chi connectivity index (χ0v) is 10.6. The van der Waals surface area contributed by atoms with Crippen molar-refractivity contribution in [3.63, 3.8) is 0 Å². The predicted octanol–water partition coefficient (Wildman–Crippen LogP) is 0.983. The van der Waals surface area contributed by atoms with Crippen LogP contribution in [0.15, 0.2) is 12.1 Å². The number of amides is 1. The van der Waals surface area contributed by atoms with Gasteiger partial charge in [-0.3, -0.25) is 19.7 Å². The lowest BCUT2D eigenvalue weighted by Gasteiger charge is -2.06. The number of carbonyl (C=O) groups is 2. The second-order valence-corrected chi connectivity index (χ2v) is 4.76. The van der Waals surface area contributed by atoms with Crippen LogP contribution in [0.1, 0.15) is 6.42 Å². The van der Waals surface area contributed by atoms with E-state index < -0.39 is 28.6 Å². The summed E-state index contributed by atoms with van der Waals surface area (Å²) >= 11 is 0. The van der Waals surface area contributed by atoms with Gasteiger partial charge in [-0.25, -0.2) is 0 Å². The van der Waals surface area contributed by atoms with E-state index in [-0.39, 0.29) is 30.3 Å². The van der Waals surface area contributed by atoms with Crippen molar-refractivity contribution in [2.45, 2.75) is 6.42 Å². The number of carboxylic acids is 1. The number of hydrogen-bond donors (Lipinski definition) is 2. The average Bonchev–Trinajstić information content (AvgIpc) is 3.10. The number of nitrogens with one attached hydrogen (secondary N) is 1. The normalized spacial score (nSPS) is 21.7. The van der Waals surface area contributed by atoms with Crippen LogP contribution in [0, 0.1) is 22.0 Å². The van der Waals surface area contributed by atoms with Crippen molar-refractivity contribution in [1.29, 1.82) is 0 Å². The highest BCUT2D eigenvalue weighted by molar-refractivity contribution is 6.00. The molecule has 1 amide bonds. The number of nitrogens with zero attached hydrogens (tertiary/aromatic N) is 1. The van der Waals surface area contributed by atoms with Gasteiger partial charge in [-0.2, -0.15) is 0 Å². The number of rotatable bonds is 4. The number of nitro benzene ring substituents is 1. The van der Waals surface area contributed by atoms with Crippen molar-refractivity contribution < 1.29 is 29.1 Å². The van der Waals surface area contributed by atoms with Crippen LogP contribution < -0.4 is 14.8 Å². The molecule has 0 bridgehead atoms. The highest BCUT2D eigenvalue weighted by atomic mass is 16.7. The van der Waals surface area contributed by atoms with Crippen LogP contribution in [0.2, 0.25) is 0 Å². The molecule has 1 aliphatic carbocycles. The monoisotopic (exact) mass is 294 g/mol. The molecule has 110 valence electrons. The van der Waals surface area contributed by atoms with E-state index in [2.05, 4.69) is 5.32 Å². The number of aliphatic carboxylic acids is 1. The van der Waals surface area contributed by atoms with E-state index in [0.29, 0.717) is 5.75 Å². The van der Waals surface area contributed by atoms with Gasteiger partial charge in [-0.05, 0) is 6.42 Å². The van der Waals surface area contributed by atoms with Gasteiger partial charge in [0.25, 0.3) is 5.69 Å². The Morgan fingerprint density at radius 1 is 1.29 bits per heavy atom. The fourth-order valence-corrected chi connectivity index (χ4v) is 2.17. The number of fused-ring (bicyclic) bond motifs is 1. The first-order chi connectivity index (χ1) is 9.97. The summed E-state index contributed by atoms with van der Waals surface area (Å²) in [5.74, 6) is -2.46. The summed E-state index contributed by atoms with van der Waals surface area (Å²) in [6.07, 6.45) is 0.236. The molecule has 1 fully saturated rings. The molecule has 2 N–H and O–H groups in total. The molecule has 2 atom stereocenters. The Morgan fingerprint density at radius 3 is 2.52 bits per heavy atom. The molecule has 0 unspecified atom stereocenters. The Kier molecular flexibility index (Phi) is 2.89. The minimum atomic E-state index is -1.05. The van der Waals surface area contributed by atoms with E-state index in [1.807, 2.05) is 0 Å². The topological polar surface area (TPSA) is 128 Å². The highest BCUT2D eigenvalue weighted by Gasteiger charge is 2.48. The first-order valence-electron chi connectivity index (χ1n) is 6.09. The third kappa shape index (κ3) is 2.33. The fraction of sp³-hybridized carbons (Fsp3) is 0.333. The van der Waals surface area contributed by atoms with Crippen LogP contribution in [0.4, 0.5) is 11.4 Å². The number of hydrogen-bond acceptors (Lipinski definition) is 6. The first-order valence-corrected chi connectivity index (χ1v) is 6.09. The molecule has 1 saturated carbocycles. The van der Waals surface area contributed by atoms with Crippen molar-refractivity contribution in [2.24, 2.45) is 11.8 Å². The number of carboxylic acid groups (broad SMARTS) is 1. The zero-order valence-electron chi connectivity index (χ0n) is 10.6. The van der Waals surface area contributed by atoms with Crippen LogP contribution in [0.3, 0.4) is 0 Å². The SMILES string of the molecule is O=C(O)[C@H]1C[C@H]1C(=O)Nc1cc2c(cc1[N+](=O)[O-])OCO2. The van der Waals surface area contributed by atoms with Gasteiger partial charge in [0.2, 0.25) is 12.7 Å². The maximum atomic E-state index is 11.9. The summed E-state index contributed by atoms with van der Waals surface area (Å²) in [5.41, 5.74) is -0.370. The van der Waals surface area contributed by atoms with Gasteiger partial charge >= 0.3 is 5.97 Å². The lowest BCUT2D eigenvalue weighted by Crippen LogP contribution is -2.17. The number of anilines is 1. The van der Waals surface area contributed by atoms with Crippen molar-refractivity contribution in [3.05, 3.63) is 22.2 Å². The maximum Gasteiger partial charge on any atom is 0.307 e. The molecule has 1 aromatic carbocycles. The van der Waals surface area contributed by atoms with Gasteiger partial charge in [0, 0.05) is 6.07 Å².